The average Bonchev–Trinajstić information content (AvgIpc) is 3.53. The lowest BCUT2D eigenvalue weighted by Gasteiger charge is -2.46. The smallest absolute Gasteiger partial charge is 0.247 e. The molecule has 1 aromatic heterocycles. The zero-order valence-corrected chi connectivity index (χ0v) is 31.0. The number of carbonyl (C=O) groups excluding carboxylic acids is 1. The van der Waals surface area contributed by atoms with Crippen molar-refractivity contribution in [2.75, 3.05) is 31.2 Å². The summed E-state index contributed by atoms with van der Waals surface area (Å²) in [7, 11) is -3.82. The second-order valence-electron chi connectivity index (χ2n) is 14.5. The molecule has 1 unspecified atom stereocenters. The van der Waals surface area contributed by atoms with Gasteiger partial charge in [-0.2, -0.15) is 0 Å². The third-order valence-corrected chi connectivity index (χ3v) is 12.7. The monoisotopic (exact) mass is 747 g/mol. The summed E-state index contributed by atoms with van der Waals surface area (Å²) >= 11 is 0. The number of para-hydroxylation sites is 2. The Balaban J connectivity index is 0.977. The van der Waals surface area contributed by atoms with Crippen LogP contribution >= 0.6 is 0 Å². The summed E-state index contributed by atoms with van der Waals surface area (Å²) in [5.74, 6) is 0.0971. The number of likely N-dealkylation sites (tertiary alicyclic amines) is 1. The maximum absolute atomic E-state index is 13.3. The summed E-state index contributed by atoms with van der Waals surface area (Å²) in [5.41, 5.74) is 4.36. The number of hydrogen-bond donors (Lipinski definition) is 3. The highest BCUT2D eigenvalue weighted by Gasteiger charge is 2.51. The summed E-state index contributed by atoms with van der Waals surface area (Å²) in [6.07, 6.45) is 1.90. The molecule has 3 saturated heterocycles. The SMILES string of the molecule is C[C@H]1[C@@H](CN2CCC3(CC2)C(=O)NCN3c2ccccc2)OC(c2ccc(CNS(=O)(=O)c3cccc4cccnc34)cc2)O[C@H]1c1ccc(CO)cc1. The van der Waals surface area contributed by atoms with Crippen LogP contribution < -0.4 is 14.9 Å². The number of anilines is 1. The molecule has 54 heavy (non-hydrogen) atoms. The first-order valence-corrected chi connectivity index (χ1v) is 20.0. The van der Waals surface area contributed by atoms with Gasteiger partial charge in [0.2, 0.25) is 15.9 Å². The predicted octanol–water partition coefficient (Wildman–Crippen LogP) is 5.43. The van der Waals surface area contributed by atoms with Crippen LogP contribution in [0.3, 0.4) is 0 Å². The summed E-state index contributed by atoms with van der Waals surface area (Å²) in [6, 6.07) is 34.4. The van der Waals surface area contributed by atoms with E-state index in [1.807, 2.05) is 78.9 Å². The minimum atomic E-state index is -3.82. The second kappa shape index (κ2) is 15.2. The molecule has 280 valence electrons. The number of benzene rings is 4. The molecule has 4 atom stereocenters. The predicted molar refractivity (Wildman–Crippen MR) is 206 cm³/mol. The first kappa shape index (κ1) is 36.3. The van der Waals surface area contributed by atoms with E-state index in [2.05, 4.69) is 43.9 Å². The zero-order valence-electron chi connectivity index (χ0n) is 30.2. The number of rotatable bonds is 10. The molecule has 0 aliphatic carbocycles. The van der Waals surface area contributed by atoms with Gasteiger partial charge < -0.3 is 29.7 Å². The van der Waals surface area contributed by atoms with Crippen LogP contribution in [-0.4, -0.2) is 67.3 Å². The van der Waals surface area contributed by atoms with Gasteiger partial charge in [0.25, 0.3) is 0 Å². The lowest BCUT2D eigenvalue weighted by atomic mass is 9.84. The van der Waals surface area contributed by atoms with Crippen LogP contribution in [0.25, 0.3) is 10.9 Å². The number of carbonyl (C=O) groups is 1. The van der Waals surface area contributed by atoms with Crippen LogP contribution in [0.1, 0.15) is 54.4 Å². The number of sulfonamides is 1. The highest BCUT2D eigenvalue weighted by molar-refractivity contribution is 7.89. The molecule has 5 aromatic rings. The zero-order chi connectivity index (χ0) is 37.3. The molecule has 4 heterocycles. The lowest BCUT2D eigenvalue weighted by molar-refractivity contribution is -0.276. The van der Waals surface area contributed by atoms with Crippen molar-refractivity contribution in [2.45, 2.75) is 61.8 Å². The number of ether oxygens (including phenoxy) is 2. The number of hydrogen-bond acceptors (Lipinski definition) is 9. The number of nitrogens with zero attached hydrogens (tertiary/aromatic N) is 3. The van der Waals surface area contributed by atoms with Crippen molar-refractivity contribution in [3.63, 3.8) is 0 Å². The van der Waals surface area contributed by atoms with E-state index in [0.717, 1.165) is 46.4 Å². The standard InChI is InChI=1S/C42H45N5O6S/c1-29-36(26-46-23-20-42(21-24-46)41(49)44-28-47(42)35-9-3-2-4-10-35)52-40(53-39(29)33-16-14-31(27-48)15-17-33)34-18-12-30(13-19-34)25-45-54(50,51)37-11-5-7-32-8-6-22-43-38(32)37/h2-19,22,29,36,39-40,45,48H,20-21,23-28H2,1H3,(H,44,49)/t29-,36+,39+,40?/m0/s1. The molecular formula is C42H45N5O6S. The summed E-state index contributed by atoms with van der Waals surface area (Å²) in [6.45, 7) is 4.92. The number of amides is 1. The molecule has 4 aromatic carbocycles. The quantitative estimate of drug-likeness (QED) is 0.171. The Labute approximate surface area is 316 Å². The lowest BCUT2D eigenvalue weighted by Crippen LogP contribution is -2.57. The molecule has 3 fully saturated rings. The number of aliphatic hydroxyl groups excluding tert-OH is 1. The van der Waals surface area contributed by atoms with E-state index in [9.17, 15) is 18.3 Å². The summed E-state index contributed by atoms with van der Waals surface area (Å²) < 4.78 is 42.8. The van der Waals surface area contributed by atoms with E-state index in [1.54, 1.807) is 24.4 Å². The van der Waals surface area contributed by atoms with E-state index in [0.29, 0.717) is 31.6 Å². The van der Waals surface area contributed by atoms with Crippen molar-refractivity contribution in [1.29, 1.82) is 0 Å². The normalized spacial score (nSPS) is 23.1. The molecule has 3 aliphatic rings. The van der Waals surface area contributed by atoms with Gasteiger partial charge in [0.05, 0.1) is 31.0 Å². The fourth-order valence-corrected chi connectivity index (χ4v) is 9.26. The van der Waals surface area contributed by atoms with Crippen LogP contribution in [0.4, 0.5) is 5.69 Å². The Morgan fingerprint density at radius 1 is 0.870 bits per heavy atom. The van der Waals surface area contributed by atoms with E-state index in [1.165, 1.54) is 0 Å². The molecule has 3 aliphatic heterocycles. The highest BCUT2D eigenvalue weighted by Crippen LogP contribution is 2.43. The molecule has 0 saturated carbocycles. The third-order valence-electron chi connectivity index (χ3n) is 11.3. The molecule has 8 rings (SSSR count). The Bertz CT molecular complexity index is 2190. The molecular weight excluding hydrogens is 703 g/mol. The summed E-state index contributed by atoms with van der Waals surface area (Å²) in [4.78, 5) is 22.4. The Hall–Kier alpha value is -4.69. The van der Waals surface area contributed by atoms with Crippen molar-refractivity contribution in [2.24, 2.45) is 5.92 Å². The number of pyridine rings is 1. The maximum Gasteiger partial charge on any atom is 0.247 e. The number of aromatic nitrogens is 1. The van der Waals surface area contributed by atoms with Crippen LogP contribution in [0.2, 0.25) is 0 Å². The van der Waals surface area contributed by atoms with Crippen LogP contribution in [-0.2, 0) is 37.4 Å². The molecule has 0 bridgehead atoms. The van der Waals surface area contributed by atoms with Crippen LogP contribution in [0.15, 0.2) is 120 Å². The fourth-order valence-electron chi connectivity index (χ4n) is 8.06. The van der Waals surface area contributed by atoms with Gasteiger partial charge in [-0.25, -0.2) is 13.1 Å². The number of piperidine rings is 1. The Morgan fingerprint density at radius 3 is 2.31 bits per heavy atom. The van der Waals surface area contributed by atoms with Gasteiger partial charge in [-0.1, -0.05) is 91.9 Å². The third kappa shape index (κ3) is 7.13. The van der Waals surface area contributed by atoms with Crippen LogP contribution in [0.5, 0.6) is 0 Å². The van der Waals surface area contributed by atoms with Gasteiger partial charge in [0.1, 0.15) is 10.4 Å². The first-order valence-electron chi connectivity index (χ1n) is 18.5. The second-order valence-corrected chi connectivity index (χ2v) is 16.2. The summed E-state index contributed by atoms with van der Waals surface area (Å²) in [5, 5.41) is 13.5. The molecule has 3 N–H and O–H groups in total. The molecule has 11 nitrogen and oxygen atoms in total. The van der Waals surface area contributed by atoms with Crippen molar-refractivity contribution in [3.8, 4) is 0 Å². The van der Waals surface area contributed by atoms with Gasteiger partial charge in [-0.05, 0) is 53.8 Å². The average molecular weight is 748 g/mol. The Kier molecular flexibility index (Phi) is 10.2. The Morgan fingerprint density at radius 2 is 1.57 bits per heavy atom. The van der Waals surface area contributed by atoms with Crippen molar-refractivity contribution in [1.82, 2.24) is 19.9 Å². The minimum Gasteiger partial charge on any atom is -0.392 e. The fraction of sp³-hybridized carbons (Fsp3) is 0.333. The first-order chi connectivity index (χ1) is 26.2. The van der Waals surface area contributed by atoms with Gasteiger partial charge in [-0.15, -0.1) is 0 Å². The van der Waals surface area contributed by atoms with Crippen molar-refractivity contribution < 1.29 is 27.8 Å². The topological polar surface area (TPSA) is 133 Å². The highest BCUT2D eigenvalue weighted by atomic mass is 32.2. The minimum absolute atomic E-state index is 0.00458. The number of fused-ring (bicyclic) bond motifs is 1. The molecule has 12 heteroatoms. The van der Waals surface area contributed by atoms with Gasteiger partial charge in [0.15, 0.2) is 6.29 Å². The van der Waals surface area contributed by atoms with Crippen molar-refractivity contribution >= 4 is 32.5 Å². The van der Waals surface area contributed by atoms with Crippen molar-refractivity contribution in [3.05, 3.63) is 138 Å². The molecule has 1 amide bonds. The van der Waals surface area contributed by atoms with Gasteiger partial charge in [0, 0.05) is 54.9 Å². The number of nitrogens with one attached hydrogen (secondary N) is 2. The van der Waals surface area contributed by atoms with E-state index in [-0.39, 0.29) is 42.1 Å². The van der Waals surface area contributed by atoms with Gasteiger partial charge in [-0.3, -0.25) is 9.78 Å². The molecule has 1 spiro atoms. The maximum atomic E-state index is 13.3. The van der Waals surface area contributed by atoms with E-state index in [4.69, 9.17) is 9.47 Å². The van der Waals surface area contributed by atoms with Gasteiger partial charge >= 0.3 is 0 Å². The number of aliphatic hydroxyl groups is 1. The molecule has 0 radical (unpaired) electrons. The van der Waals surface area contributed by atoms with E-state index >= 15 is 0 Å². The van der Waals surface area contributed by atoms with E-state index < -0.39 is 21.9 Å². The largest absolute Gasteiger partial charge is 0.392 e. The van der Waals surface area contributed by atoms with Crippen LogP contribution in [0, 0.1) is 5.92 Å².